The van der Waals surface area contributed by atoms with Gasteiger partial charge in [-0.15, -0.1) is 0 Å². The van der Waals surface area contributed by atoms with Gasteiger partial charge in [0.05, 0.1) is 12.8 Å². The Labute approximate surface area is 94.8 Å². The van der Waals surface area contributed by atoms with E-state index in [4.69, 9.17) is 10.2 Å². The lowest BCUT2D eigenvalue weighted by atomic mass is 10.1. The number of nitrogens with zero attached hydrogens (tertiary/aromatic N) is 2. The van der Waals surface area contributed by atoms with Crippen molar-refractivity contribution in [1.82, 2.24) is 9.80 Å². The average molecular weight is 223 g/mol. The van der Waals surface area contributed by atoms with Crippen LogP contribution in [0.25, 0.3) is 0 Å². The van der Waals surface area contributed by atoms with E-state index in [0.717, 1.165) is 18.8 Å². The lowest BCUT2D eigenvalue weighted by molar-refractivity contribution is -0.141. The molecule has 5 nitrogen and oxygen atoms in total. The zero-order valence-electron chi connectivity index (χ0n) is 9.43. The highest BCUT2D eigenvalue weighted by Gasteiger charge is 2.31. The maximum atomic E-state index is 12.1. The monoisotopic (exact) mass is 223 g/mol. The summed E-state index contributed by atoms with van der Waals surface area (Å²) in [6.45, 7) is 2.49. The summed E-state index contributed by atoms with van der Waals surface area (Å²) < 4.78 is 5.24. The van der Waals surface area contributed by atoms with Crippen molar-refractivity contribution in [2.24, 2.45) is 5.73 Å². The lowest BCUT2D eigenvalue weighted by Crippen LogP contribution is -2.57. The quantitative estimate of drug-likeness (QED) is 0.776. The first-order valence-electron chi connectivity index (χ1n) is 5.44. The minimum atomic E-state index is -0.191. The fraction of sp³-hybridized carbons (Fsp3) is 0.545. The van der Waals surface area contributed by atoms with Crippen molar-refractivity contribution in [3.05, 3.63) is 24.2 Å². The molecule has 0 spiro atoms. The summed E-state index contributed by atoms with van der Waals surface area (Å²) in [5, 5.41) is 0. The van der Waals surface area contributed by atoms with Crippen LogP contribution in [-0.4, -0.2) is 48.4 Å². The van der Waals surface area contributed by atoms with Gasteiger partial charge in [-0.1, -0.05) is 0 Å². The Morgan fingerprint density at radius 1 is 1.56 bits per heavy atom. The molecule has 1 atom stereocenters. The van der Waals surface area contributed by atoms with Gasteiger partial charge in [0.15, 0.2) is 0 Å². The van der Waals surface area contributed by atoms with Crippen molar-refractivity contribution in [2.45, 2.75) is 12.6 Å². The van der Waals surface area contributed by atoms with E-state index in [1.54, 1.807) is 11.2 Å². The van der Waals surface area contributed by atoms with Gasteiger partial charge in [-0.3, -0.25) is 9.69 Å². The zero-order valence-corrected chi connectivity index (χ0v) is 9.43. The highest BCUT2D eigenvalue weighted by molar-refractivity contribution is 5.82. The van der Waals surface area contributed by atoms with E-state index in [9.17, 15) is 4.79 Å². The van der Waals surface area contributed by atoms with Gasteiger partial charge < -0.3 is 15.1 Å². The van der Waals surface area contributed by atoms with Crippen molar-refractivity contribution >= 4 is 5.91 Å². The maximum absolute atomic E-state index is 12.1. The summed E-state index contributed by atoms with van der Waals surface area (Å²) in [5.74, 6) is 0.904. The summed E-state index contributed by atoms with van der Waals surface area (Å²) in [6, 6.07) is 3.52. The Bertz CT molecular complexity index is 350. The van der Waals surface area contributed by atoms with Gasteiger partial charge in [0, 0.05) is 19.6 Å². The first-order chi connectivity index (χ1) is 7.72. The zero-order chi connectivity index (χ0) is 11.5. The van der Waals surface area contributed by atoms with E-state index in [0.29, 0.717) is 13.1 Å². The first kappa shape index (κ1) is 11.2. The van der Waals surface area contributed by atoms with Gasteiger partial charge in [-0.25, -0.2) is 0 Å². The second kappa shape index (κ2) is 4.67. The summed E-state index contributed by atoms with van der Waals surface area (Å²) in [5.41, 5.74) is 5.61. The number of furan rings is 1. The number of amides is 1. The molecule has 1 unspecified atom stereocenters. The van der Waals surface area contributed by atoms with Gasteiger partial charge in [-0.05, 0) is 19.2 Å². The highest BCUT2D eigenvalue weighted by Crippen LogP contribution is 2.13. The summed E-state index contributed by atoms with van der Waals surface area (Å²) in [6.07, 6.45) is 1.62. The maximum Gasteiger partial charge on any atom is 0.241 e. The SMILES string of the molecule is CN1CCN(Cc2ccco2)C(=O)C1CN. The molecular formula is C11H17N3O2. The van der Waals surface area contributed by atoms with Crippen LogP contribution in [0.1, 0.15) is 5.76 Å². The molecule has 1 saturated heterocycles. The standard InChI is InChI=1S/C11H17N3O2/c1-13-4-5-14(11(15)10(13)7-12)8-9-3-2-6-16-9/h2-3,6,10H,4-5,7-8,12H2,1H3. The van der Waals surface area contributed by atoms with Gasteiger partial charge >= 0.3 is 0 Å². The van der Waals surface area contributed by atoms with E-state index in [1.807, 2.05) is 24.1 Å². The number of hydrogen-bond donors (Lipinski definition) is 1. The molecule has 0 aromatic carbocycles. The molecule has 88 valence electrons. The number of likely N-dealkylation sites (N-methyl/N-ethyl adjacent to an activating group) is 1. The molecule has 2 heterocycles. The normalized spacial score (nSPS) is 22.8. The van der Waals surface area contributed by atoms with Gasteiger partial charge in [0.2, 0.25) is 5.91 Å². The predicted octanol–water partition coefficient (Wildman–Crippen LogP) is -0.119. The minimum absolute atomic E-state index is 0.0904. The predicted molar refractivity (Wildman–Crippen MR) is 59.6 cm³/mol. The molecule has 1 aliphatic heterocycles. The second-order valence-electron chi connectivity index (χ2n) is 4.07. The molecule has 0 radical (unpaired) electrons. The van der Waals surface area contributed by atoms with Crippen molar-refractivity contribution in [3.8, 4) is 0 Å². The molecule has 1 fully saturated rings. The topological polar surface area (TPSA) is 62.7 Å². The number of piperazine rings is 1. The van der Waals surface area contributed by atoms with Crippen molar-refractivity contribution in [2.75, 3.05) is 26.7 Å². The van der Waals surface area contributed by atoms with Gasteiger partial charge in [-0.2, -0.15) is 0 Å². The largest absolute Gasteiger partial charge is 0.467 e. The number of carbonyl (C=O) groups excluding carboxylic acids is 1. The Kier molecular flexibility index (Phi) is 3.26. The molecule has 1 aliphatic rings. The van der Waals surface area contributed by atoms with Crippen LogP contribution in [0, 0.1) is 0 Å². The molecule has 1 amide bonds. The summed E-state index contributed by atoms with van der Waals surface area (Å²) >= 11 is 0. The molecule has 2 N–H and O–H groups in total. The van der Waals surface area contributed by atoms with Gasteiger partial charge in [0.25, 0.3) is 0 Å². The molecule has 5 heteroatoms. The molecule has 0 saturated carbocycles. The van der Waals surface area contributed by atoms with Crippen LogP contribution in [0.3, 0.4) is 0 Å². The third-order valence-corrected chi connectivity index (χ3v) is 3.00. The lowest BCUT2D eigenvalue weighted by Gasteiger charge is -2.37. The van der Waals surface area contributed by atoms with Crippen molar-refractivity contribution in [3.63, 3.8) is 0 Å². The van der Waals surface area contributed by atoms with Gasteiger partial charge in [0.1, 0.15) is 11.8 Å². The second-order valence-corrected chi connectivity index (χ2v) is 4.07. The summed E-state index contributed by atoms with van der Waals surface area (Å²) in [7, 11) is 1.93. The van der Waals surface area contributed by atoms with Crippen LogP contribution in [0.15, 0.2) is 22.8 Å². The van der Waals surface area contributed by atoms with Crippen LogP contribution in [-0.2, 0) is 11.3 Å². The molecule has 16 heavy (non-hydrogen) atoms. The molecular weight excluding hydrogens is 206 g/mol. The first-order valence-corrected chi connectivity index (χ1v) is 5.44. The fourth-order valence-electron chi connectivity index (χ4n) is 1.97. The minimum Gasteiger partial charge on any atom is -0.467 e. The number of nitrogens with two attached hydrogens (primary N) is 1. The van der Waals surface area contributed by atoms with E-state index in [1.165, 1.54) is 0 Å². The smallest absolute Gasteiger partial charge is 0.241 e. The summed E-state index contributed by atoms with van der Waals surface area (Å²) in [4.78, 5) is 15.9. The van der Waals surface area contributed by atoms with E-state index in [-0.39, 0.29) is 11.9 Å². The average Bonchev–Trinajstić information content (AvgIpc) is 2.76. The van der Waals surface area contributed by atoms with E-state index >= 15 is 0 Å². The molecule has 1 aromatic heterocycles. The number of carbonyl (C=O) groups is 1. The number of rotatable bonds is 3. The van der Waals surface area contributed by atoms with Crippen LogP contribution >= 0.6 is 0 Å². The van der Waals surface area contributed by atoms with Crippen LogP contribution in [0.5, 0.6) is 0 Å². The Morgan fingerprint density at radius 3 is 3.00 bits per heavy atom. The van der Waals surface area contributed by atoms with Crippen molar-refractivity contribution < 1.29 is 9.21 Å². The Hall–Kier alpha value is -1.33. The molecule has 1 aromatic rings. The number of hydrogen-bond acceptors (Lipinski definition) is 4. The van der Waals surface area contributed by atoms with Crippen LogP contribution < -0.4 is 5.73 Å². The van der Waals surface area contributed by atoms with E-state index < -0.39 is 0 Å². The van der Waals surface area contributed by atoms with E-state index in [2.05, 4.69) is 0 Å². The third-order valence-electron chi connectivity index (χ3n) is 3.00. The molecule has 2 rings (SSSR count). The molecule has 0 bridgehead atoms. The van der Waals surface area contributed by atoms with Crippen LogP contribution in [0.2, 0.25) is 0 Å². The third kappa shape index (κ3) is 2.10. The fourth-order valence-corrected chi connectivity index (χ4v) is 1.97. The highest BCUT2D eigenvalue weighted by atomic mass is 16.3. The Balaban J connectivity index is 2.03. The Morgan fingerprint density at radius 2 is 2.38 bits per heavy atom. The van der Waals surface area contributed by atoms with Crippen LogP contribution in [0.4, 0.5) is 0 Å². The molecule has 0 aliphatic carbocycles. The van der Waals surface area contributed by atoms with Crippen molar-refractivity contribution in [1.29, 1.82) is 0 Å².